The van der Waals surface area contributed by atoms with Gasteiger partial charge in [-0.1, -0.05) is 131 Å². The second kappa shape index (κ2) is 18.9. The zero-order valence-electron chi connectivity index (χ0n) is 37.9. The van der Waals surface area contributed by atoms with Crippen LogP contribution in [0.5, 0.6) is 0 Å². The predicted octanol–water partition coefficient (Wildman–Crippen LogP) is 10.4. The number of halogens is 2. The highest BCUT2D eigenvalue weighted by atomic mass is 19.3. The first-order valence-corrected chi connectivity index (χ1v) is 23.6. The van der Waals surface area contributed by atoms with Gasteiger partial charge in [-0.05, 0) is 91.7 Å². The molecule has 2 aromatic heterocycles. The maximum atomic E-state index is 15.2. The van der Waals surface area contributed by atoms with E-state index in [1.54, 1.807) is 6.20 Å². The molecular weight excluding hydrogens is 819 g/mol. The number of hydrogen-bond acceptors (Lipinski definition) is 6. The molecule has 2 saturated heterocycles. The van der Waals surface area contributed by atoms with Crippen LogP contribution >= 0.6 is 0 Å². The molecule has 338 valence electrons. The fourth-order valence-electron chi connectivity index (χ4n) is 10.5. The van der Waals surface area contributed by atoms with Gasteiger partial charge in [-0.3, -0.25) is 19.4 Å². The number of H-pyrrole nitrogens is 2. The number of aromatic nitrogens is 4. The van der Waals surface area contributed by atoms with Crippen LogP contribution < -0.4 is 0 Å². The number of carbonyl (C=O) groups excluding carboxylic acids is 2. The summed E-state index contributed by atoms with van der Waals surface area (Å²) >= 11 is 0. The molecule has 2 amide bonds. The molecule has 2 aliphatic heterocycles. The summed E-state index contributed by atoms with van der Waals surface area (Å²) in [7, 11) is 0. The van der Waals surface area contributed by atoms with E-state index in [0.29, 0.717) is 31.2 Å². The van der Waals surface area contributed by atoms with Crippen LogP contribution in [-0.4, -0.2) is 96.5 Å². The van der Waals surface area contributed by atoms with E-state index < -0.39 is 31.0 Å². The predicted molar refractivity (Wildman–Crippen MR) is 251 cm³/mol. The third-order valence-corrected chi connectivity index (χ3v) is 13.9. The molecule has 3 aliphatic rings. The van der Waals surface area contributed by atoms with Crippen molar-refractivity contribution in [2.24, 2.45) is 0 Å². The monoisotopic (exact) mass is 878 g/mol. The lowest BCUT2D eigenvalue weighted by Crippen LogP contribution is -2.43. The van der Waals surface area contributed by atoms with Crippen LogP contribution in [0.1, 0.15) is 112 Å². The van der Waals surface area contributed by atoms with Gasteiger partial charge in [-0.15, -0.1) is 0 Å². The van der Waals surface area contributed by atoms with Gasteiger partial charge in [-0.2, -0.15) is 0 Å². The second-order valence-electron chi connectivity index (χ2n) is 17.7. The van der Waals surface area contributed by atoms with Crippen LogP contribution in [0, 0.1) is 0 Å². The summed E-state index contributed by atoms with van der Waals surface area (Å²) in [6.07, 6.45) is 5.79. The Morgan fingerprint density at radius 2 is 1.31 bits per heavy atom. The average molecular weight is 879 g/mol. The molecular formula is C53H60F2N8O2. The van der Waals surface area contributed by atoms with E-state index >= 15 is 8.78 Å². The highest BCUT2D eigenvalue weighted by Gasteiger charge is 2.50. The number of rotatable bonds is 14. The van der Waals surface area contributed by atoms with E-state index in [1.165, 1.54) is 10.5 Å². The Hall–Kier alpha value is -5.98. The number of amides is 2. The first kappa shape index (κ1) is 44.2. The number of carbonyl (C=O) groups is 2. The maximum absolute atomic E-state index is 15.2. The summed E-state index contributed by atoms with van der Waals surface area (Å²) in [6.45, 7) is 11.0. The standard InChI is InChI=1S/C53H60F2N8O2/c1-5-60(6-2)47(37-17-11-9-12-18-37)51(64)62-30-16-23-44(62)50-57-42-22-15-21-40-31-39(28-29-41(40)46(42)59-50)35-24-26-36(27-25-35)43-33-56-49(58-43)45-32-53(54,55)34-63(45)52(65)48(61(7-3)8-4)38-19-13-10-14-20-38/h9-14,17-20,24-29,31,33,44-45,47-48H,5-8,15-16,21-23,30,32,34H2,1-4H3,(H,56,58)(H,57,59)/t44?,45-,47+,48+/m0/s1. The number of aromatic amines is 2. The van der Waals surface area contributed by atoms with E-state index in [0.717, 1.165) is 95.8 Å². The van der Waals surface area contributed by atoms with E-state index in [2.05, 4.69) is 81.1 Å². The van der Waals surface area contributed by atoms with Crippen molar-refractivity contribution >= 4 is 11.8 Å². The zero-order chi connectivity index (χ0) is 45.2. The lowest BCUT2D eigenvalue weighted by molar-refractivity contribution is -0.140. The summed E-state index contributed by atoms with van der Waals surface area (Å²) in [5.74, 6) is -2.01. The third kappa shape index (κ3) is 8.78. The number of benzene rings is 4. The Morgan fingerprint density at radius 3 is 1.94 bits per heavy atom. The number of likely N-dealkylation sites (tertiary alicyclic amines) is 2. The van der Waals surface area contributed by atoms with Gasteiger partial charge in [0.05, 0.1) is 36.2 Å². The molecule has 9 rings (SSSR count). The maximum Gasteiger partial charge on any atom is 0.267 e. The molecule has 10 nitrogen and oxygen atoms in total. The fraction of sp³-hybridized carbons (Fsp3) is 0.396. The summed E-state index contributed by atoms with van der Waals surface area (Å²) in [6, 6.07) is 32.4. The Labute approximate surface area is 381 Å². The van der Waals surface area contributed by atoms with Crippen molar-refractivity contribution in [2.75, 3.05) is 39.3 Å². The van der Waals surface area contributed by atoms with Gasteiger partial charge in [0.15, 0.2) is 0 Å². The number of aryl methyl sites for hydroxylation is 2. The summed E-state index contributed by atoms with van der Waals surface area (Å²) in [5, 5.41) is 0. The molecule has 4 atom stereocenters. The van der Waals surface area contributed by atoms with Crippen molar-refractivity contribution in [3.05, 3.63) is 143 Å². The molecule has 0 radical (unpaired) electrons. The quantitative estimate of drug-likeness (QED) is 0.113. The van der Waals surface area contributed by atoms with Crippen molar-refractivity contribution in [3.63, 3.8) is 0 Å². The minimum absolute atomic E-state index is 0.103. The number of imidazole rings is 2. The molecule has 0 saturated carbocycles. The van der Waals surface area contributed by atoms with Gasteiger partial charge in [0.2, 0.25) is 11.8 Å². The minimum atomic E-state index is -3.04. The molecule has 2 N–H and O–H groups in total. The average Bonchev–Trinajstić information content (AvgIpc) is 4.15. The fourth-order valence-corrected chi connectivity index (χ4v) is 10.5. The number of alkyl halides is 2. The Kier molecular flexibility index (Phi) is 12.8. The van der Waals surface area contributed by atoms with Gasteiger partial charge >= 0.3 is 0 Å². The second-order valence-corrected chi connectivity index (χ2v) is 17.7. The molecule has 65 heavy (non-hydrogen) atoms. The molecule has 6 aromatic rings. The molecule has 1 aliphatic carbocycles. The van der Waals surface area contributed by atoms with Crippen molar-refractivity contribution in [3.8, 4) is 33.6 Å². The molecule has 12 heteroatoms. The number of nitrogens with zero attached hydrogens (tertiary/aromatic N) is 6. The van der Waals surface area contributed by atoms with Gasteiger partial charge in [0, 0.05) is 24.2 Å². The Balaban J connectivity index is 0.929. The number of likely N-dealkylation sites (N-methyl/N-ethyl adjacent to an activating group) is 2. The highest BCUT2D eigenvalue weighted by Crippen LogP contribution is 2.43. The van der Waals surface area contributed by atoms with Crippen LogP contribution in [0.4, 0.5) is 8.78 Å². The number of hydrogen-bond donors (Lipinski definition) is 2. The summed E-state index contributed by atoms with van der Waals surface area (Å²) in [5.41, 5.74) is 10.0. The molecule has 0 bridgehead atoms. The zero-order valence-corrected chi connectivity index (χ0v) is 37.9. The lowest BCUT2D eigenvalue weighted by Gasteiger charge is -2.34. The molecule has 4 aromatic carbocycles. The third-order valence-electron chi connectivity index (χ3n) is 13.9. The van der Waals surface area contributed by atoms with Gasteiger partial charge in [0.1, 0.15) is 23.7 Å². The van der Waals surface area contributed by atoms with E-state index in [-0.39, 0.29) is 23.9 Å². The van der Waals surface area contributed by atoms with Crippen molar-refractivity contribution in [2.45, 2.75) is 96.3 Å². The minimum Gasteiger partial charge on any atom is -0.344 e. The Bertz CT molecular complexity index is 2590. The van der Waals surface area contributed by atoms with E-state index in [4.69, 9.17) is 4.98 Å². The smallest absolute Gasteiger partial charge is 0.267 e. The number of fused-ring (bicyclic) bond motifs is 3. The lowest BCUT2D eigenvalue weighted by atomic mass is 9.95. The van der Waals surface area contributed by atoms with Crippen LogP contribution in [-0.2, 0) is 22.4 Å². The molecule has 1 unspecified atom stereocenters. The van der Waals surface area contributed by atoms with Crippen LogP contribution in [0.15, 0.2) is 109 Å². The first-order valence-electron chi connectivity index (χ1n) is 23.6. The van der Waals surface area contributed by atoms with Gasteiger partial charge in [-0.25, -0.2) is 18.7 Å². The van der Waals surface area contributed by atoms with E-state index in [9.17, 15) is 9.59 Å². The Morgan fingerprint density at radius 1 is 0.708 bits per heavy atom. The normalized spacial score (nSPS) is 19.0. The summed E-state index contributed by atoms with van der Waals surface area (Å²) in [4.78, 5) is 53.3. The van der Waals surface area contributed by atoms with E-state index in [1.807, 2.05) is 79.4 Å². The SMILES string of the molecule is CCN(CC)[C@@H](C(=O)N1CCCC1c1nc2c([nH]1)CCCc1cc(-c3ccc(-c4cnc([C@@H]5CC(F)(F)CN5C(=O)[C@@H](c5ccccc5)N(CC)CC)[nH]4)cc3)ccc1-2)c1ccccc1. The molecule has 0 spiro atoms. The molecule has 2 fully saturated rings. The highest BCUT2D eigenvalue weighted by molar-refractivity contribution is 5.85. The number of nitrogens with one attached hydrogen (secondary N) is 2. The van der Waals surface area contributed by atoms with Crippen molar-refractivity contribution in [1.29, 1.82) is 0 Å². The first-order chi connectivity index (χ1) is 31.6. The summed E-state index contributed by atoms with van der Waals surface area (Å²) < 4.78 is 30.4. The van der Waals surface area contributed by atoms with Gasteiger partial charge < -0.3 is 19.8 Å². The van der Waals surface area contributed by atoms with Crippen LogP contribution in [0.3, 0.4) is 0 Å². The van der Waals surface area contributed by atoms with Gasteiger partial charge in [0.25, 0.3) is 5.92 Å². The topological polar surface area (TPSA) is 104 Å². The van der Waals surface area contributed by atoms with Crippen molar-refractivity contribution in [1.82, 2.24) is 39.5 Å². The van der Waals surface area contributed by atoms with Crippen molar-refractivity contribution < 1.29 is 18.4 Å². The molecule has 4 heterocycles. The van der Waals surface area contributed by atoms with Crippen LogP contribution in [0.25, 0.3) is 33.6 Å². The largest absolute Gasteiger partial charge is 0.344 e. The van der Waals surface area contributed by atoms with Crippen LogP contribution in [0.2, 0.25) is 0 Å².